The molecule has 1 saturated heterocycles. The highest BCUT2D eigenvalue weighted by atomic mass is 35.5. The monoisotopic (exact) mass is 547 g/mol. The lowest BCUT2D eigenvalue weighted by Gasteiger charge is -2.54. The number of ketones is 1. The molecule has 8 heteroatoms. The number of imide groups is 1. The minimum absolute atomic E-state index is 0.192. The average molecular weight is 548 g/mol. The molecule has 0 unspecified atom stereocenters. The molecule has 1 heterocycles. The predicted octanol–water partition coefficient (Wildman–Crippen LogP) is 4.78. The van der Waals surface area contributed by atoms with E-state index in [1.807, 2.05) is 48.5 Å². The smallest absolute Gasteiger partial charge is 0.308 e. The van der Waals surface area contributed by atoms with E-state index in [1.54, 1.807) is 30.3 Å². The zero-order chi connectivity index (χ0) is 26.8. The summed E-state index contributed by atoms with van der Waals surface area (Å²) in [6, 6.07) is 23.3. The van der Waals surface area contributed by atoms with Gasteiger partial charge in [-0.05, 0) is 29.2 Å². The summed E-state index contributed by atoms with van der Waals surface area (Å²) in [5.74, 6) is -3.80. The van der Waals surface area contributed by atoms with E-state index >= 15 is 0 Å². The number of ether oxygens (including phenoxy) is 1. The van der Waals surface area contributed by atoms with Crippen LogP contribution in [0.15, 0.2) is 78.9 Å². The first-order valence-electron chi connectivity index (χ1n) is 12.4. The number of nitrogens with zero attached hydrogens (tertiary/aromatic N) is 1. The fourth-order valence-corrected chi connectivity index (χ4v) is 7.39. The molecule has 0 spiro atoms. The van der Waals surface area contributed by atoms with Crippen LogP contribution in [0.1, 0.15) is 46.0 Å². The van der Waals surface area contributed by atoms with E-state index in [0.717, 1.165) is 4.90 Å². The molecule has 0 radical (unpaired) electrons. The van der Waals surface area contributed by atoms with Gasteiger partial charge in [-0.25, -0.2) is 0 Å². The Bertz CT molecular complexity index is 1380. The van der Waals surface area contributed by atoms with Crippen LogP contribution >= 0.6 is 23.2 Å². The molecular weight excluding hydrogens is 525 g/mol. The van der Waals surface area contributed by atoms with Gasteiger partial charge in [0, 0.05) is 12.1 Å². The summed E-state index contributed by atoms with van der Waals surface area (Å²) in [5, 5.41) is 0. The molecule has 0 saturated carbocycles. The molecule has 7 rings (SSSR count). The number of halogens is 2. The predicted molar refractivity (Wildman–Crippen MR) is 141 cm³/mol. The second-order valence-corrected chi connectivity index (χ2v) is 11.1. The second-order valence-electron chi connectivity index (χ2n) is 9.91. The molecule has 192 valence electrons. The molecule has 0 N–H and O–H groups in total. The van der Waals surface area contributed by atoms with Gasteiger partial charge in [0.25, 0.3) is 0 Å². The van der Waals surface area contributed by atoms with Gasteiger partial charge in [0.1, 0.15) is 9.75 Å². The quantitative estimate of drug-likeness (QED) is 0.192. The van der Waals surface area contributed by atoms with E-state index in [4.69, 9.17) is 27.9 Å². The van der Waals surface area contributed by atoms with Gasteiger partial charge in [0.15, 0.2) is 6.10 Å². The maximum Gasteiger partial charge on any atom is 0.308 e. The molecule has 3 atom stereocenters. The second kappa shape index (κ2) is 8.79. The van der Waals surface area contributed by atoms with Crippen LogP contribution in [0.3, 0.4) is 0 Å². The third-order valence-corrected chi connectivity index (χ3v) is 9.24. The first-order valence-corrected chi connectivity index (χ1v) is 13.2. The number of Topliss-reactive ketones (excluding diaryl/α,β-unsaturated/α-hetero) is 1. The Balaban J connectivity index is 1.26. The third kappa shape index (κ3) is 3.26. The number of rotatable bonds is 6. The van der Waals surface area contributed by atoms with E-state index in [0.29, 0.717) is 27.8 Å². The summed E-state index contributed by atoms with van der Waals surface area (Å²) in [7, 11) is 0. The molecular formula is C30H23Cl2NO5. The number of hydrogen-bond donors (Lipinski definition) is 0. The van der Waals surface area contributed by atoms with Crippen LogP contribution in [0.4, 0.5) is 0 Å². The van der Waals surface area contributed by atoms with Crippen LogP contribution in [-0.4, -0.2) is 41.1 Å². The number of benzene rings is 3. The van der Waals surface area contributed by atoms with Gasteiger partial charge in [0.2, 0.25) is 17.6 Å². The summed E-state index contributed by atoms with van der Waals surface area (Å²) >= 11 is 14.8. The van der Waals surface area contributed by atoms with Crippen molar-refractivity contribution >= 4 is 46.8 Å². The van der Waals surface area contributed by atoms with Crippen molar-refractivity contribution in [1.82, 2.24) is 4.90 Å². The Hall–Kier alpha value is -3.48. The highest BCUT2D eigenvalue weighted by Gasteiger charge is 2.72. The van der Waals surface area contributed by atoms with Crippen LogP contribution in [0, 0.1) is 11.8 Å². The van der Waals surface area contributed by atoms with Crippen molar-refractivity contribution in [3.8, 4) is 0 Å². The molecule has 1 aliphatic heterocycles. The molecule has 3 aromatic rings. The van der Waals surface area contributed by atoms with Gasteiger partial charge in [0.05, 0.1) is 18.3 Å². The molecule has 3 aromatic carbocycles. The summed E-state index contributed by atoms with van der Waals surface area (Å²) in [6.07, 6.45) is -1.26. The normalized spacial score (nSPS) is 27.4. The van der Waals surface area contributed by atoms with Crippen LogP contribution in [0.2, 0.25) is 0 Å². The molecule has 6 nitrogen and oxygen atoms in total. The summed E-state index contributed by atoms with van der Waals surface area (Å²) in [4.78, 5) is 51.3. The lowest BCUT2D eigenvalue weighted by Crippen LogP contribution is -2.57. The Morgan fingerprint density at radius 3 is 1.66 bits per heavy atom. The Morgan fingerprint density at radius 1 is 0.789 bits per heavy atom. The Morgan fingerprint density at radius 2 is 1.21 bits per heavy atom. The van der Waals surface area contributed by atoms with E-state index < -0.39 is 45.5 Å². The number of carbonyl (C=O) groups is 4. The van der Waals surface area contributed by atoms with Gasteiger partial charge in [-0.15, -0.1) is 23.2 Å². The van der Waals surface area contributed by atoms with Gasteiger partial charge < -0.3 is 4.74 Å². The highest BCUT2D eigenvalue weighted by Crippen LogP contribution is 2.69. The Labute approximate surface area is 229 Å². The van der Waals surface area contributed by atoms with Crippen molar-refractivity contribution in [3.63, 3.8) is 0 Å². The van der Waals surface area contributed by atoms with Gasteiger partial charge >= 0.3 is 5.97 Å². The zero-order valence-electron chi connectivity index (χ0n) is 20.4. The molecule has 4 aliphatic rings. The van der Waals surface area contributed by atoms with E-state index in [1.165, 1.54) is 6.92 Å². The number of amides is 2. The maximum absolute atomic E-state index is 13.8. The van der Waals surface area contributed by atoms with E-state index in [2.05, 4.69) is 0 Å². The van der Waals surface area contributed by atoms with Crippen molar-refractivity contribution in [1.29, 1.82) is 0 Å². The van der Waals surface area contributed by atoms with Crippen LogP contribution in [-0.2, 0) is 28.9 Å². The number of likely N-dealkylation sites (tertiary alicyclic amines) is 1. The summed E-state index contributed by atoms with van der Waals surface area (Å²) in [5.41, 5.74) is 3.29. The van der Waals surface area contributed by atoms with Gasteiger partial charge in [-0.1, -0.05) is 78.9 Å². The number of hydrogen-bond acceptors (Lipinski definition) is 5. The van der Waals surface area contributed by atoms with Crippen molar-refractivity contribution in [2.45, 2.75) is 29.2 Å². The van der Waals surface area contributed by atoms with Crippen LogP contribution in [0.25, 0.3) is 0 Å². The number of alkyl halides is 2. The molecule has 3 aliphatic carbocycles. The minimum Gasteiger partial charge on any atom is -0.454 e. The van der Waals surface area contributed by atoms with E-state index in [9.17, 15) is 19.2 Å². The Kier molecular flexibility index (Phi) is 5.74. The molecule has 2 amide bonds. The van der Waals surface area contributed by atoms with Crippen molar-refractivity contribution in [2.24, 2.45) is 11.8 Å². The lowest BCUT2D eigenvalue weighted by atomic mass is 9.54. The van der Waals surface area contributed by atoms with Crippen molar-refractivity contribution in [2.75, 3.05) is 6.54 Å². The molecule has 0 aromatic heterocycles. The molecule has 2 bridgehead atoms. The maximum atomic E-state index is 13.8. The fraction of sp³-hybridized carbons (Fsp3) is 0.267. The third-order valence-electron chi connectivity index (χ3n) is 7.95. The first kappa shape index (κ1) is 24.8. The lowest BCUT2D eigenvalue weighted by molar-refractivity contribution is -0.148. The topological polar surface area (TPSA) is 80.8 Å². The standard InChI is InChI=1S/C30H23Cl2NO5/c1-17(26(35)18-9-3-2-4-10-18)38-23(34)15-16-33-27(36)24-25(28(33)37)30(32)20-12-6-5-11-19(20)29(24,31)21-13-7-8-14-22(21)30/h2-14,17,24-25H,15-16H2,1H3/t17-,24-,25+,29?,30?/m0/s1. The number of esters is 1. The summed E-state index contributed by atoms with van der Waals surface area (Å²) in [6.45, 7) is 1.30. The van der Waals surface area contributed by atoms with Crippen LogP contribution in [0.5, 0.6) is 0 Å². The average Bonchev–Trinajstić information content (AvgIpc) is 3.20. The molecule has 38 heavy (non-hydrogen) atoms. The van der Waals surface area contributed by atoms with Crippen molar-refractivity contribution in [3.05, 3.63) is 107 Å². The van der Waals surface area contributed by atoms with Gasteiger partial charge in [-0.2, -0.15) is 0 Å². The van der Waals surface area contributed by atoms with Crippen molar-refractivity contribution < 1.29 is 23.9 Å². The fourth-order valence-electron chi connectivity index (χ4n) is 6.29. The minimum atomic E-state index is -1.27. The largest absolute Gasteiger partial charge is 0.454 e. The first-order chi connectivity index (χ1) is 18.2. The highest BCUT2D eigenvalue weighted by molar-refractivity contribution is 6.36. The molecule has 1 fully saturated rings. The SMILES string of the molecule is C[C@H](OC(=O)CCN1C(=O)[C@@H]2[C@H](C1=O)C1(Cl)c3ccccc3C2(Cl)c2ccccc21)C(=O)c1ccccc1. The van der Waals surface area contributed by atoms with Crippen LogP contribution < -0.4 is 0 Å². The summed E-state index contributed by atoms with van der Waals surface area (Å²) < 4.78 is 5.32. The number of carbonyl (C=O) groups excluding carboxylic acids is 4. The van der Waals surface area contributed by atoms with E-state index in [-0.39, 0.29) is 18.7 Å². The van der Waals surface area contributed by atoms with Gasteiger partial charge in [-0.3, -0.25) is 24.1 Å². The zero-order valence-corrected chi connectivity index (χ0v) is 21.9.